The number of carbonyl (C=O) groups is 4. The van der Waals surface area contributed by atoms with E-state index in [0.717, 1.165) is 42.4 Å². The molecule has 1 N–H and O–H groups in total. The Kier molecular flexibility index (Phi) is 6.51. The molecular formula is C27H25F3N2O5. The number of hydrogen-bond donors (Lipinski definition) is 1. The van der Waals surface area contributed by atoms with Crippen molar-refractivity contribution in [2.24, 2.45) is 23.7 Å². The Morgan fingerprint density at radius 3 is 2.24 bits per heavy atom. The van der Waals surface area contributed by atoms with Crippen LogP contribution in [0.25, 0.3) is 0 Å². The van der Waals surface area contributed by atoms with Crippen LogP contribution in [0.5, 0.6) is 0 Å². The topological polar surface area (TPSA) is 92.8 Å². The minimum Gasteiger partial charge on any atom is -0.454 e. The first-order valence-electron chi connectivity index (χ1n) is 12.2. The van der Waals surface area contributed by atoms with Gasteiger partial charge in [-0.2, -0.15) is 13.2 Å². The summed E-state index contributed by atoms with van der Waals surface area (Å²) < 4.78 is 44.0. The maximum absolute atomic E-state index is 13.3. The van der Waals surface area contributed by atoms with Gasteiger partial charge in [0.15, 0.2) is 6.61 Å². The zero-order valence-corrected chi connectivity index (χ0v) is 19.7. The Bertz CT molecular complexity index is 1200. The van der Waals surface area contributed by atoms with Gasteiger partial charge in [0.2, 0.25) is 11.8 Å². The van der Waals surface area contributed by atoms with Crippen LogP contribution in [-0.4, -0.2) is 41.2 Å². The average Bonchev–Trinajstić information content (AvgIpc) is 3.55. The van der Waals surface area contributed by atoms with Crippen molar-refractivity contribution in [3.8, 4) is 0 Å². The van der Waals surface area contributed by atoms with Gasteiger partial charge >= 0.3 is 12.1 Å². The first-order valence-corrected chi connectivity index (χ1v) is 12.2. The lowest BCUT2D eigenvalue weighted by molar-refractivity contribution is -0.160. The van der Waals surface area contributed by atoms with Gasteiger partial charge in [-0.25, -0.2) is 4.79 Å². The quantitative estimate of drug-likeness (QED) is 0.448. The lowest BCUT2D eigenvalue weighted by Crippen LogP contribution is -2.48. The molecule has 0 radical (unpaired) electrons. The molecule has 1 heterocycles. The van der Waals surface area contributed by atoms with Gasteiger partial charge in [0, 0.05) is 12.1 Å². The number of carbonyl (C=O) groups excluding carboxylic acids is 4. The molecular weight excluding hydrogens is 489 g/mol. The van der Waals surface area contributed by atoms with Crippen molar-refractivity contribution < 1.29 is 37.1 Å². The number of likely N-dealkylation sites (tertiary alicyclic amines) is 1. The van der Waals surface area contributed by atoms with E-state index in [-0.39, 0.29) is 35.8 Å². The molecule has 1 aliphatic heterocycles. The minimum atomic E-state index is -4.58. The number of rotatable bonds is 7. The van der Waals surface area contributed by atoms with Crippen LogP contribution in [-0.2, 0) is 36.5 Å². The Labute approximate surface area is 211 Å². The molecule has 2 bridgehead atoms. The van der Waals surface area contributed by atoms with Gasteiger partial charge in [-0.05, 0) is 54.9 Å². The third-order valence-corrected chi connectivity index (χ3v) is 7.64. The minimum absolute atomic E-state index is 0.0289. The first-order chi connectivity index (χ1) is 17.6. The van der Waals surface area contributed by atoms with Gasteiger partial charge in [0.1, 0.15) is 6.04 Å². The predicted octanol–water partition coefficient (Wildman–Crippen LogP) is 3.83. The molecule has 2 aromatic rings. The van der Waals surface area contributed by atoms with Crippen molar-refractivity contribution in [1.29, 1.82) is 0 Å². The molecule has 7 nitrogen and oxygen atoms in total. The van der Waals surface area contributed by atoms with Crippen molar-refractivity contribution in [2.45, 2.75) is 37.9 Å². The molecule has 3 aliphatic rings. The average molecular weight is 515 g/mol. The van der Waals surface area contributed by atoms with E-state index < -0.39 is 48.1 Å². The number of nitrogens with zero attached hydrogens (tertiary/aromatic N) is 1. The van der Waals surface area contributed by atoms with Gasteiger partial charge in [-0.1, -0.05) is 36.4 Å². The number of halogens is 3. The van der Waals surface area contributed by atoms with Crippen molar-refractivity contribution in [3.05, 3.63) is 65.7 Å². The van der Waals surface area contributed by atoms with Crippen LogP contribution >= 0.6 is 0 Å². The highest BCUT2D eigenvalue weighted by Gasteiger charge is 2.62. The zero-order chi connectivity index (χ0) is 26.3. The standard InChI is InChI=1S/C27H25F3N2O5/c28-27(29,30)18-7-4-8-19(13-18)31-21(33)14-37-26(36)20(11-15-5-2-1-3-6-15)32-24(34)22-16-9-10-17(12-16)23(22)25(32)35/h1-8,13,16-17,20,22-23H,9-12,14H2,(H,31,33)/t16-,17-,20-,22-,23+/m0/s1. The maximum atomic E-state index is 13.3. The summed E-state index contributed by atoms with van der Waals surface area (Å²) in [6.07, 6.45) is -1.92. The summed E-state index contributed by atoms with van der Waals surface area (Å²) in [6, 6.07) is 11.7. The van der Waals surface area contributed by atoms with E-state index in [9.17, 15) is 32.3 Å². The molecule has 1 saturated heterocycles. The molecule has 0 spiro atoms. The number of benzene rings is 2. The molecule has 0 unspecified atom stereocenters. The summed E-state index contributed by atoms with van der Waals surface area (Å²) in [5.74, 6) is -3.05. The van der Waals surface area contributed by atoms with Gasteiger partial charge in [-0.3, -0.25) is 19.3 Å². The van der Waals surface area contributed by atoms with Crippen molar-refractivity contribution in [3.63, 3.8) is 0 Å². The van der Waals surface area contributed by atoms with Crippen LogP contribution in [0.3, 0.4) is 0 Å². The fraction of sp³-hybridized carbons (Fsp3) is 0.407. The van der Waals surface area contributed by atoms with E-state index in [2.05, 4.69) is 5.32 Å². The number of esters is 1. The Morgan fingerprint density at radius 2 is 1.62 bits per heavy atom. The van der Waals surface area contributed by atoms with Gasteiger partial charge in [-0.15, -0.1) is 0 Å². The number of nitrogens with one attached hydrogen (secondary N) is 1. The summed E-state index contributed by atoms with van der Waals surface area (Å²) in [4.78, 5) is 53.2. The van der Waals surface area contributed by atoms with E-state index in [1.807, 2.05) is 0 Å². The molecule has 5 atom stereocenters. The second-order valence-electron chi connectivity index (χ2n) is 9.87. The van der Waals surface area contributed by atoms with Crippen molar-refractivity contribution >= 4 is 29.4 Å². The molecule has 5 rings (SSSR count). The van der Waals surface area contributed by atoms with Gasteiger partial charge in [0.25, 0.3) is 5.91 Å². The van der Waals surface area contributed by atoms with E-state index in [1.165, 1.54) is 6.07 Å². The molecule has 2 saturated carbocycles. The number of ether oxygens (including phenoxy) is 1. The van der Waals surface area contributed by atoms with E-state index in [4.69, 9.17) is 4.74 Å². The van der Waals surface area contributed by atoms with Crippen molar-refractivity contribution in [1.82, 2.24) is 4.90 Å². The lowest BCUT2D eigenvalue weighted by atomic mass is 9.81. The Morgan fingerprint density at radius 1 is 0.973 bits per heavy atom. The number of fused-ring (bicyclic) bond motifs is 5. The van der Waals surface area contributed by atoms with E-state index in [1.54, 1.807) is 30.3 Å². The number of amides is 3. The van der Waals surface area contributed by atoms with Crippen LogP contribution < -0.4 is 5.32 Å². The van der Waals surface area contributed by atoms with Crippen LogP contribution in [0.2, 0.25) is 0 Å². The van der Waals surface area contributed by atoms with Gasteiger partial charge in [0.05, 0.1) is 17.4 Å². The summed E-state index contributed by atoms with van der Waals surface area (Å²) in [7, 11) is 0. The Balaban J connectivity index is 1.30. The molecule has 37 heavy (non-hydrogen) atoms. The molecule has 2 aliphatic carbocycles. The van der Waals surface area contributed by atoms with Crippen molar-refractivity contribution in [2.75, 3.05) is 11.9 Å². The molecule has 194 valence electrons. The Hall–Kier alpha value is -3.69. The summed E-state index contributed by atoms with van der Waals surface area (Å²) >= 11 is 0. The third kappa shape index (κ3) is 4.84. The predicted molar refractivity (Wildman–Crippen MR) is 125 cm³/mol. The number of anilines is 1. The van der Waals surface area contributed by atoms with E-state index >= 15 is 0 Å². The SMILES string of the molecule is O=C(COC(=O)[C@H](Cc1ccccc1)N1C(=O)[C@@H]2[C@H]3CC[C@@H](C3)[C@@H]2C1=O)Nc1cccc(C(F)(F)F)c1. The molecule has 3 fully saturated rings. The van der Waals surface area contributed by atoms with Crippen LogP contribution in [0.4, 0.5) is 18.9 Å². The monoisotopic (exact) mass is 514 g/mol. The van der Waals surface area contributed by atoms with Crippen LogP contribution in [0, 0.1) is 23.7 Å². The number of hydrogen-bond acceptors (Lipinski definition) is 5. The normalized spacial score (nSPS) is 25.2. The highest BCUT2D eigenvalue weighted by atomic mass is 19.4. The lowest BCUT2D eigenvalue weighted by Gasteiger charge is -2.26. The largest absolute Gasteiger partial charge is 0.454 e. The molecule has 0 aromatic heterocycles. The second-order valence-corrected chi connectivity index (χ2v) is 9.87. The zero-order valence-electron chi connectivity index (χ0n) is 19.7. The maximum Gasteiger partial charge on any atom is 0.416 e. The fourth-order valence-corrected chi connectivity index (χ4v) is 6.06. The van der Waals surface area contributed by atoms with E-state index in [0.29, 0.717) is 5.56 Å². The summed E-state index contributed by atoms with van der Waals surface area (Å²) in [6.45, 7) is -0.783. The fourth-order valence-electron chi connectivity index (χ4n) is 6.06. The smallest absolute Gasteiger partial charge is 0.416 e. The first kappa shape index (κ1) is 25.0. The summed E-state index contributed by atoms with van der Waals surface area (Å²) in [5.41, 5.74) is -0.334. The molecule has 10 heteroatoms. The molecule has 3 amide bonds. The highest BCUT2D eigenvalue weighted by Crippen LogP contribution is 2.56. The van der Waals surface area contributed by atoms with Crippen LogP contribution in [0.15, 0.2) is 54.6 Å². The summed E-state index contributed by atoms with van der Waals surface area (Å²) in [5, 5.41) is 2.27. The number of alkyl halides is 3. The number of imide groups is 1. The van der Waals surface area contributed by atoms with Gasteiger partial charge < -0.3 is 10.1 Å². The second kappa shape index (κ2) is 9.64. The van der Waals surface area contributed by atoms with Crippen LogP contribution in [0.1, 0.15) is 30.4 Å². The third-order valence-electron chi connectivity index (χ3n) is 7.64. The molecule has 2 aromatic carbocycles. The highest BCUT2D eigenvalue weighted by molar-refractivity contribution is 6.08.